The smallest absolute Gasteiger partial charge is 0.254 e. The standard InChI is InChI=1S/C24H31NO4Si/c1-7-15-13-25-21-10-16(29-30(5,6)23(2,3)4)8-9-24(15,21)18-12-20-19(27-14-28-20)11-17(18)22(25)26/h7-9,11-12,16,21H,10,13-14H2,1-6H3/b15-7+/t16-,21-,24-/m0/s1. The number of carbonyl (C=O) groups is 1. The summed E-state index contributed by atoms with van der Waals surface area (Å²) in [5.41, 5.74) is 2.76. The molecule has 2 bridgehead atoms. The van der Waals surface area contributed by atoms with Gasteiger partial charge in [0, 0.05) is 12.1 Å². The normalized spacial score (nSPS) is 30.7. The molecular formula is C24H31NO4Si. The van der Waals surface area contributed by atoms with E-state index in [0.717, 1.165) is 23.3 Å². The Bertz CT molecular complexity index is 990. The molecule has 4 aliphatic rings. The molecule has 0 aromatic heterocycles. The second-order valence-electron chi connectivity index (χ2n) is 10.4. The largest absolute Gasteiger partial charge is 0.454 e. The zero-order valence-corrected chi connectivity index (χ0v) is 19.7. The summed E-state index contributed by atoms with van der Waals surface area (Å²) in [5, 5.41) is 0.149. The highest BCUT2D eigenvalue weighted by molar-refractivity contribution is 6.74. The van der Waals surface area contributed by atoms with Gasteiger partial charge < -0.3 is 18.8 Å². The monoisotopic (exact) mass is 425 g/mol. The Balaban J connectivity index is 1.61. The van der Waals surface area contributed by atoms with E-state index in [-0.39, 0.29) is 35.3 Å². The molecule has 5 rings (SSSR count). The number of nitrogens with zero attached hydrogens (tertiary/aromatic N) is 1. The van der Waals surface area contributed by atoms with Crippen LogP contribution in [-0.4, -0.2) is 44.6 Å². The summed E-state index contributed by atoms with van der Waals surface area (Å²) in [6, 6.07) is 3.98. The van der Waals surface area contributed by atoms with Crippen molar-refractivity contribution in [3.63, 3.8) is 0 Å². The second kappa shape index (κ2) is 6.23. The van der Waals surface area contributed by atoms with Crippen LogP contribution < -0.4 is 9.47 Å². The topological polar surface area (TPSA) is 48.0 Å². The van der Waals surface area contributed by atoms with Gasteiger partial charge in [-0.3, -0.25) is 4.79 Å². The lowest BCUT2D eigenvalue weighted by atomic mass is 9.64. The van der Waals surface area contributed by atoms with Gasteiger partial charge in [-0.05, 0) is 54.7 Å². The molecule has 6 heteroatoms. The molecule has 5 nitrogen and oxygen atoms in total. The summed E-state index contributed by atoms with van der Waals surface area (Å²) in [5.74, 6) is 1.49. The summed E-state index contributed by atoms with van der Waals surface area (Å²) in [7, 11) is -1.91. The zero-order valence-electron chi connectivity index (χ0n) is 18.7. The number of ether oxygens (including phenoxy) is 2. The molecular weight excluding hydrogens is 394 g/mol. The molecule has 0 saturated carbocycles. The third-order valence-electron chi connectivity index (χ3n) is 7.85. The van der Waals surface area contributed by atoms with Crippen molar-refractivity contribution < 1.29 is 18.7 Å². The van der Waals surface area contributed by atoms with E-state index >= 15 is 0 Å². The number of allylic oxidation sites excluding steroid dienone is 1. The Morgan fingerprint density at radius 3 is 2.60 bits per heavy atom. The van der Waals surface area contributed by atoms with E-state index in [1.807, 2.05) is 17.0 Å². The van der Waals surface area contributed by atoms with Crippen molar-refractivity contribution in [1.29, 1.82) is 0 Å². The van der Waals surface area contributed by atoms with Gasteiger partial charge >= 0.3 is 0 Å². The molecule has 1 fully saturated rings. The quantitative estimate of drug-likeness (QED) is 0.505. The van der Waals surface area contributed by atoms with Crippen LogP contribution in [0.15, 0.2) is 35.9 Å². The van der Waals surface area contributed by atoms with E-state index in [1.54, 1.807) is 0 Å². The van der Waals surface area contributed by atoms with Gasteiger partial charge in [-0.1, -0.05) is 39.0 Å². The minimum Gasteiger partial charge on any atom is -0.454 e. The van der Waals surface area contributed by atoms with Crippen LogP contribution in [0.5, 0.6) is 11.5 Å². The average Bonchev–Trinajstić information content (AvgIpc) is 3.24. The van der Waals surface area contributed by atoms with E-state index in [0.29, 0.717) is 12.3 Å². The highest BCUT2D eigenvalue weighted by atomic mass is 28.4. The van der Waals surface area contributed by atoms with Crippen molar-refractivity contribution in [2.24, 2.45) is 0 Å². The summed E-state index contributed by atoms with van der Waals surface area (Å²) in [6.07, 6.45) is 7.58. The summed E-state index contributed by atoms with van der Waals surface area (Å²) < 4.78 is 17.9. The summed E-state index contributed by atoms with van der Waals surface area (Å²) in [6.45, 7) is 14.3. The Labute approximate surface area is 179 Å². The SMILES string of the molecule is C/C=C1\CN2C(=O)c3cc4c(cc3[C@]13C=C[C@H](O[Si](C)(C)C(C)(C)C)C[C@H]23)OCO4. The van der Waals surface area contributed by atoms with Gasteiger partial charge in [0.05, 0.1) is 17.6 Å². The molecule has 3 aliphatic heterocycles. The molecule has 0 radical (unpaired) electrons. The van der Waals surface area contributed by atoms with Gasteiger partial charge in [-0.2, -0.15) is 0 Å². The first-order valence-electron chi connectivity index (χ1n) is 10.9. The van der Waals surface area contributed by atoms with Gasteiger partial charge in [0.1, 0.15) is 0 Å². The van der Waals surface area contributed by atoms with Gasteiger partial charge in [0.25, 0.3) is 5.91 Å². The number of benzene rings is 1. The lowest BCUT2D eigenvalue weighted by Gasteiger charge is -2.47. The van der Waals surface area contributed by atoms with Crippen LogP contribution in [0.3, 0.4) is 0 Å². The van der Waals surface area contributed by atoms with Crippen LogP contribution >= 0.6 is 0 Å². The molecule has 0 N–H and O–H groups in total. The average molecular weight is 426 g/mol. The van der Waals surface area contributed by atoms with Crippen molar-refractivity contribution in [3.05, 3.63) is 47.1 Å². The number of carbonyl (C=O) groups excluding carboxylic acids is 1. The van der Waals surface area contributed by atoms with E-state index in [4.69, 9.17) is 13.9 Å². The molecule has 3 heterocycles. The molecule has 1 aliphatic carbocycles. The van der Waals surface area contributed by atoms with Gasteiger partial charge in [0.2, 0.25) is 6.79 Å². The fraction of sp³-hybridized carbons (Fsp3) is 0.542. The molecule has 0 unspecified atom stereocenters. The minimum atomic E-state index is -1.91. The zero-order chi connectivity index (χ0) is 21.5. The molecule has 1 aromatic rings. The molecule has 3 atom stereocenters. The van der Waals surface area contributed by atoms with Crippen LogP contribution in [0.25, 0.3) is 0 Å². The fourth-order valence-electron chi connectivity index (χ4n) is 5.22. The van der Waals surface area contributed by atoms with E-state index in [1.165, 1.54) is 5.57 Å². The number of rotatable bonds is 2. The first-order chi connectivity index (χ1) is 14.1. The third-order valence-corrected chi connectivity index (χ3v) is 12.4. The van der Waals surface area contributed by atoms with Crippen LogP contribution in [0, 0.1) is 0 Å². The predicted octanol–water partition coefficient (Wildman–Crippen LogP) is 4.79. The van der Waals surface area contributed by atoms with Crippen LogP contribution in [-0.2, 0) is 9.84 Å². The first-order valence-corrected chi connectivity index (χ1v) is 13.8. The Morgan fingerprint density at radius 2 is 1.93 bits per heavy atom. The van der Waals surface area contributed by atoms with Gasteiger partial charge in [0.15, 0.2) is 19.8 Å². The lowest BCUT2D eigenvalue weighted by Crippen LogP contribution is -2.54. The van der Waals surface area contributed by atoms with Crippen LogP contribution in [0.4, 0.5) is 0 Å². The van der Waals surface area contributed by atoms with E-state index in [9.17, 15) is 4.79 Å². The predicted molar refractivity (Wildman–Crippen MR) is 119 cm³/mol. The fourth-order valence-corrected chi connectivity index (χ4v) is 6.50. The minimum absolute atomic E-state index is 0.0334. The first kappa shape index (κ1) is 19.9. The maximum atomic E-state index is 13.5. The van der Waals surface area contributed by atoms with Crippen molar-refractivity contribution in [3.8, 4) is 11.5 Å². The number of fused-ring (bicyclic) bond motifs is 2. The molecule has 30 heavy (non-hydrogen) atoms. The Kier molecular flexibility index (Phi) is 4.13. The molecule has 0 spiro atoms. The maximum Gasteiger partial charge on any atom is 0.254 e. The van der Waals surface area contributed by atoms with E-state index < -0.39 is 8.32 Å². The summed E-state index contributed by atoms with van der Waals surface area (Å²) >= 11 is 0. The van der Waals surface area contributed by atoms with Gasteiger partial charge in [-0.15, -0.1) is 0 Å². The Morgan fingerprint density at radius 1 is 1.23 bits per heavy atom. The van der Waals surface area contributed by atoms with Crippen molar-refractivity contribution in [1.82, 2.24) is 4.90 Å². The lowest BCUT2D eigenvalue weighted by molar-refractivity contribution is 0.0617. The van der Waals surface area contributed by atoms with Crippen LogP contribution in [0.1, 0.15) is 50.0 Å². The summed E-state index contributed by atoms with van der Waals surface area (Å²) in [4.78, 5) is 15.5. The molecule has 1 saturated heterocycles. The second-order valence-corrected chi connectivity index (χ2v) is 15.2. The highest BCUT2D eigenvalue weighted by Crippen LogP contribution is 2.56. The van der Waals surface area contributed by atoms with Crippen molar-refractivity contribution in [2.45, 2.75) is 69.8 Å². The van der Waals surface area contributed by atoms with Crippen molar-refractivity contribution in [2.75, 3.05) is 13.3 Å². The third kappa shape index (κ3) is 2.53. The van der Waals surface area contributed by atoms with Gasteiger partial charge in [-0.25, -0.2) is 0 Å². The van der Waals surface area contributed by atoms with E-state index in [2.05, 4.69) is 59.0 Å². The number of hydrogen-bond donors (Lipinski definition) is 0. The van der Waals surface area contributed by atoms with Crippen molar-refractivity contribution >= 4 is 14.2 Å². The number of amides is 1. The molecule has 1 amide bonds. The number of hydrogen-bond acceptors (Lipinski definition) is 4. The molecule has 1 aromatic carbocycles. The molecule has 160 valence electrons. The van der Waals surface area contributed by atoms with Crippen LogP contribution in [0.2, 0.25) is 18.1 Å². The maximum absolute atomic E-state index is 13.5. The Hall–Kier alpha value is -2.05. The highest BCUT2D eigenvalue weighted by Gasteiger charge is 2.59.